The van der Waals surface area contributed by atoms with Crippen molar-refractivity contribution in [1.82, 2.24) is 10.2 Å². The fourth-order valence-corrected chi connectivity index (χ4v) is 3.11. The van der Waals surface area contributed by atoms with Gasteiger partial charge in [0.1, 0.15) is 23.1 Å². The molecule has 0 fully saturated rings. The van der Waals surface area contributed by atoms with Crippen molar-refractivity contribution in [2.45, 2.75) is 0 Å². The Kier molecular flexibility index (Phi) is 3.65. The van der Waals surface area contributed by atoms with Gasteiger partial charge in [-0.1, -0.05) is 12.1 Å². The van der Waals surface area contributed by atoms with Crippen molar-refractivity contribution in [3.05, 3.63) is 42.5 Å². The SMILES string of the molecule is COc1ccc(Nc2[nH][nH]c3c4cccc(OC)c4cc2-3)c(OC)c1. The summed E-state index contributed by atoms with van der Waals surface area (Å²) in [7, 11) is 4.95. The standard InChI is InChI=1S/C19H19N3O3/c1-23-11-7-8-15(17(9-11)25-3)20-19-14-10-13-12(18(14)21-22-19)5-4-6-16(13)24-2/h4-10,20-22H,1-3H3. The van der Waals surface area contributed by atoms with E-state index < -0.39 is 0 Å². The third-order valence-electron chi connectivity index (χ3n) is 4.36. The average Bonchev–Trinajstić information content (AvgIpc) is 3.21. The lowest BCUT2D eigenvalue weighted by molar-refractivity contribution is 0.395. The van der Waals surface area contributed by atoms with E-state index in [1.807, 2.05) is 30.3 Å². The summed E-state index contributed by atoms with van der Waals surface area (Å²) in [6.07, 6.45) is 0. The molecular weight excluding hydrogens is 318 g/mol. The van der Waals surface area contributed by atoms with Crippen LogP contribution in [-0.4, -0.2) is 31.5 Å². The van der Waals surface area contributed by atoms with Crippen LogP contribution in [0.1, 0.15) is 0 Å². The lowest BCUT2D eigenvalue weighted by Gasteiger charge is -2.11. The van der Waals surface area contributed by atoms with Crippen LogP contribution < -0.4 is 19.5 Å². The molecule has 2 aromatic carbocycles. The van der Waals surface area contributed by atoms with Crippen LogP contribution in [0.15, 0.2) is 42.5 Å². The van der Waals surface area contributed by atoms with Crippen LogP contribution in [0.5, 0.6) is 17.2 Å². The number of hydrogen-bond donors (Lipinski definition) is 3. The molecule has 6 nitrogen and oxygen atoms in total. The van der Waals surface area contributed by atoms with Gasteiger partial charge in [-0.2, -0.15) is 0 Å². The quantitative estimate of drug-likeness (QED) is 0.506. The predicted molar refractivity (Wildman–Crippen MR) is 98.7 cm³/mol. The fourth-order valence-electron chi connectivity index (χ4n) is 3.11. The van der Waals surface area contributed by atoms with Gasteiger partial charge in [0, 0.05) is 22.4 Å². The first-order valence-corrected chi connectivity index (χ1v) is 7.90. The van der Waals surface area contributed by atoms with Gasteiger partial charge in [0.25, 0.3) is 0 Å². The van der Waals surface area contributed by atoms with E-state index >= 15 is 0 Å². The molecule has 0 unspecified atom stereocenters. The van der Waals surface area contributed by atoms with E-state index in [1.54, 1.807) is 21.3 Å². The molecule has 1 aliphatic heterocycles. The first-order valence-electron chi connectivity index (χ1n) is 7.90. The molecule has 0 saturated heterocycles. The van der Waals surface area contributed by atoms with Crippen LogP contribution in [0, 0.1) is 0 Å². The highest BCUT2D eigenvalue weighted by Crippen LogP contribution is 2.42. The fraction of sp³-hybridized carbons (Fsp3) is 0.158. The van der Waals surface area contributed by atoms with E-state index in [0.717, 1.165) is 45.0 Å². The summed E-state index contributed by atoms with van der Waals surface area (Å²) in [5.74, 6) is 3.16. The monoisotopic (exact) mass is 337 g/mol. The molecule has 1 aliphatic carbocycles. The van der Waals surface area contributed by atoms with Gasteiger partial charge in [0.05, 0.1) is 32.7 Å². The molecule has 0 saturated carbocycles. The van der Waals surface area contributed by atoms with Crippen LogP contribution in [-0.2, 0) is 0 Å². The Morgan fingerprint density at radius 3 is 2.40 bits per heavy atom. The van der Waals surface area contributed by atoms with Crippen LogP contribution in [0.3, 0.4) is 0 Å². The number of hydrogen-bond acceptors (Lipinski definition) is 4. The van der Waals surface area contributed by atoms with Gasteiger partial charge in [0.15, 0.2) is 0 Å². The van der Waals surface area contributed by atoms with E-state index in [2.05, 4.69) is 27.6 Å². The second-order valence-corrected chi connectivity index (χ2v) is 5.67. The highest BCUT2D eigenvalue weighted by Gasteiger charge is 2.19. The third kappa shape index (κ3) is 2.42. The molecule has 0 amide bonds. The minimum absolute atomic E-state index is 0.704. The highest BCUT2D eigenvalue weighted by molar-refractivity contribution is 6.06. The van der Waals surface area contributed by atoms with E-state index in [0.29, 0.717) is 5.75 Å². The van der Waals surface area contributed by atoms with E-state index in [1.165, 1.54) is 0 Å². The zero-order chi connectivity index (χ0) is 17.4. The molecule has 0 atom stereocenters. The van der Waals surface area contributed by atoms with Crippen LogP contribution in [0.2, 0.25) is 0 Å². The van der Waals surface area contributed by atoms with E-state index in [9.17, 15) is 0 Å². The molecule has 0 spiro atoms. The maximum absolute atomic E-state index is 5.47. The number of aromatic amines is 2. The van der Waals surface area contributed by atoms with E-state index in [-0.39, 0.29) is 0 Å². The number of methoxy groups -OCH3 is 3. The maximum Gasteiger partial charge on any atom is 0.146 e. The zero-order valence-corrected chi connectivity index (χ0v) is 14.3. The summed E-state index contributed by atoms with van der Waals surface area (Å²) in [4.78, 5) is 0. The molecule has 0 radical (unpaired) electrons. The van der Waals surface area contributed by atoms with Gasteiger partial charge in [-0.25, -0.2) is 0 Å². The topological polar surface area (TPSA) is 71.3 Å². The number of anilines is 2. The summed E-state index contributed by atoms with van der Waals surface area (Å²) < 4.78 is 16.2. The van der Waals surface area contributed by atoms with Gasteiger partial charge in [-0.05, 0) is 24.3 Å². The third-order valence-corrected chi connectivity index (χ3v) is 4.36. The largest absolute Gasteiger partial charge is 0.497 e. The zero-order valence-electron chi connectivity index (χ0n) is 14.3. The predicted octanol–water partition coefficient (Wildman–Crippen LogP) is 4.37. The number of ether oxygens (including phenoxy) is 3. The van der Waals surface area contributed by atoms with Crippen LogP contribution in [0.4, 0.5) is 11.5 Å². The van der Waals surface area contributed by atoms with Gasteiger partial charge in [-0.15, -0.1) is 0 Å². The highest BCUT2D eigenvalue weighted by atomic mass is 16.5. The minimum Gasteiger partial charge on any atom is -0.497 e. The summed E-state index contributed by atoms with van der Waals surface area (Å²) in [5.41, 5.74) is 2.93. The Labute approximate surface area is 145 Å². The van der Waals surface area contributed by atoms with Crippen LogP contribution in [0.25, 0.3) is 22.0 Å². The van der Waals surface area contributed by atoms with Crippen molar-refractivity contribution < 1.29 is 14.2 Å². The molecule has 4 rings (SSSR count). The Bertz CT molecular complexity index is 1000. The summed E-state index contributed by atoms with van der Waals surface area (Å²) >= 11 is 0. The van der Waals surface area contributed by atoms with E-state index in [4.69, 9.17) is 14.2 Å². The first kappa shape index (κ1) is 15.3. The number of aromatic nitrogens is 2. The molecule has 2 aliphatic rings. The number of H-pyrrole nitrogens is 2. The van der Waals surface area contributed by atoms with Gasteiger partial charge < -0.3 is 19.5 Å². The Morgan fingerprint density at radius 1 is 0.800 bits per heavy atom. The molecule has 1 heterocycles. The number of rotatable bonds is 5. The number of nitrogens with one attached hydrogen (secondary N) is 3. The van der Waals surface area contributed by atoms with Gasteiger partial charge >= 0.3 is 0 Å². The maximum atomic E-state index is 5.47. The van der Waals surface area contributed by atoms with Crippen molar-refractivity contribution in [3.63, 3.8) is 0 Å². The van der Waals surface area contributed by atoms with Gasteiger partial charge in [0.2, 0.25) is 0 Å². The number of benzene rings is 2. The molecular formula is C19H19N3O3. The molecule has 3 N–H and O–H groups in total. The second-order valence-electron chi connectivity index (χ2n) is 5.67. The molecule has 6 heteroatoms. The summed E-state index contributed by atoms with van der Waals surface area (Å²) in [5, 5.41) is 12.0. The Balaban J connectivity index is 1.77. The second kappa shape index (κ2) is 5.98. The molecule has 0 bridgehead atoms. The summed E-state index contributed by atoms with van der Waals surface area (Å²) in [6, 6.07) is 13.8. The van der Waals surface area contributed by atoms with Crippen molar-refractivity contribution in [3.8, 4) is 28.5 Å². The molecule has 128 valence electrons. The van der Waals surface area contributed by atoms with Crippen molar-refractivity contribution in [1.29, 1.82) is 0 Å². The Hall–Kier alpha value is -3.28. The minimum atomic E-state index is 0.704. The summed E-state index contributed by atoms with van der Waals surface area (Å²) in [6.45, 7) is 0. The molecule has 25 heavy (non-hydrogen) atoms. The molecule has 0 aromatic heterocycles. The van der Waals surface area contributed by atoms with Crippen molar-refractivity contribution >= 4 is 22.3 Å². The smallest absolute Gasteiger partial charge is 0.146 e. The molecule has 2 aromatic rings. The Morgan fingerprint density at radius 2 is 1.64 bits per heavy atom. The van der Waals surface area contributed by atoms with Crippen LogP contribution >= 0.6 is 0 Å². The van der Waals surface area contributed by atoms with Crippen molar-refractivity contribution in [2.75, 3.05) is 26.6 Å². The van der Waals surface area contributed by atoms with Crippen molar-refractivity contribution in [2.24, 2.45) is 0 Å². The van der Waals surface area contributed by atoms with Gasteiger partial charge in [-0.3, -0.25) is 10.2 Å². The normalized spacial score (nSPS) is 11.0. The first-order chi connectivity index (χ1) is 12.2. The lowest BCUT2D eigenvalue weighted by atomic mass is 10.2. The number of fused-ring (bicyclic) bond motifs is 3. The lowest BCUT2D eigenvalue weighted by Crippen LogP contribution is -1.96. The average molecular weight is 337 g/mol.